The SMILES string of the molecule is O=CN1CCC=CC12CCCc1ccccc12. The molecule has 0 saturated carbocycles. The van der Waals surface area contributed by atoms with Crippen molar-refractivity contribution >= 4 is 6.41 Å². The maximum absolute atomic E-state index is 11.3. The Morgan fingerprint density at radius 2 is 2.18 bits per heavy atom. The van der Waals surface area contributed by atoms with Crippen LogP contribution < -0.4 is 0 Å². The normalized spacial score (nSPS) is 26.9. The molecule has 0 fully saturated rings. The monoisotopic (exact) mass is 227 g/mol. The van der Waals surface area contributed by atoms with E-state index in [0.29, 0.717) is 0 Å². The summed E-state index contributed by atoms with van der Waals surface area (Å²) in [5.74, 6) is 0. The summed E-state index contributed by atoms with van der Waals surface area (Å²) in [6.45, 7) is 0.842. The molecule has 0 bridgehead atoms. The molecule has 0 N–H and O–H groups in total. The standard InChI is InChI=1S/C15H17NO/c17-12-16-11-4-3-9-15(16)10-5-7-13-6-1-2-8-14(13)15/h1-3,6,8-9,12H,4-5,7,10-11H2. The Balaban J connectivity index is 2.16. The van der Waals surface area contributed by atoms with E-state index in [1.165, 1.54) is 11.1 Å². The molecular formula is C15H17NO. The average Bonchev–Trinajstić information content (AvgIpc) is 2.40. The van der Waals surface area contributed by atoms with E-state index in [2.05, 4.69) is 36.4 Å². The second kappa shape index (κ2) is 4.02. The van der Waals surface area contributed by atoms with Gasteiger partial charge in [0.15, 0.2) is 0 Å². The van der Waals surface area contributed by atoms with Crippen LogP contribution in [0.3, 0.4) is 0 Å². The lowest BCUT2D eigenvalue weighted by atomic mass is 9.74. The molecule has 2 nitrogen and oxygen atoms in total. The fourth-order valence-corrected chi connectivity index (χ4v) is 3.25. The molecule has 1 atom stereocenters. The number of aryl methyl sites for hydroxylation is 1. The quantitative estimate of drug-likeness (QED) is 0.533. The molecule has 1 aromatic rings. The maximum Gasteiger partial charge on any atom is 0.210 e. The lowest BCUT2D eigenvalue weighted by molar-refractivity contribution is -0.123. The minimum absolute atomic E-state index is 0.158. The van der Waals surface area contributed by atoms with Gasteiger partial charge in [-0.2, -0.15) is 0 Å². The third-order valence-electron chi connectivity index (χ3n) is 4.06. The van der Waals surface area contributed by atoms with Crippen LogP contribution in [0.1, 0.15) is 30.4 Å². The van der Waals surface area contributed by atoms with E-state index in [0.717, 1.165) is 38.6 Å². The van der Waals surface area contributed by atoms with E-state index >= 15 is 0 Å². The summed E-state index contributed by atoms with van der Waals surface area (Å²) in [7, 11) is 0. The summed E-state index contributed by atoms with van der Waals surface area (Å²) in [6, 6.07) is 8.55. The minimum atomic E-state index is -0.158. The number of carbonyl (C=O) groups is 1. The molecule has 2 heteroatoms. The second-order valence-electron chi connectivity index (χ2n) is 4.92. The fraction of sp³-hybridized carbons (Fsp3) is 0.400. The largest absolute Gasteiger partial charge is 0.332 e. The molecule has 1 spiro atoms. The number of carbonyl (C=O) groups excluding carboxylic acids is 1. The Hall–Kier alpha value is -1.57. The van der Waals surface area contributed by atoms with Gasteiger partial charge in [-0.3, -0.25) is 4.79 Å². The molecule has 1 unspecified atom stereocenters. The summed E-state index contributed by atoms with van der Waals surface area (Å²) in [5.41, 5.74) is 2.57. The lowest BCUT2D eigenvalue weighted by Gasteiger charge is -2.46. The van der Waals surface area contributed by atoms with Gasteiger partial charge in [0.25, 0.3) is 0 Å². The van der Waals surface area contributed by atoms with Crippen LogP contribution in [0.25, 0.3) is 0 Å². The first-order chi connectivity index (χ1) is 8.37. The molecule has 0 saturated heterocycles. The summed E-state index contributed by atoms with van der Waals surface area (Å²) in [6.07, 6.45) is 9.81. The van der Waals surface area contributed by atoms with Gasteiger partial charge in [-0.25, -0.2) is 0 Å². The highest BCUT2D eigenvalue weighted by Crippen LogP contribution is 2.42. The van der Waals surface area contributed by atoms with E-state index in [-0.39, 0.29) is 5.54 Å². The Morgan fingerprint density at radius 1 is 1.29 bits per heavy atom. The van der Waals surface area contributed by atoms with Crippen molar-refractivity contribution in [2.24, 2.45) is 0 Å². The van der Waals surface area contributed by atoms with Crippen LogP contribution in [0.2, 0.25) is 0 Å². The van der Waals surface area contributed by atoms with Crippen molar-refractivity contribution < 1.29 is 4.79 Å². The zero-order chi connectivity index (χ0) is 11.7. The Kier molecular flexibility index (Phi) is 2.50. The van der Waals surface area contributed by atoms with E-state index in [1.54, 1.807) is 0 Å². The van der Waals surface area contributed by atoms with Crippen LogP contribution in [0, 0.1) is 0 Å². The van der Waals surface area contributed by atoms with Crippen LogP contribution >= 0.6 is 0 Å². The number of hydrogen-bond acceptors (Lipinski definition) is 1. The third-order valence-corrected chi connectivity index (χ3v) is 4.06. The van der Waals surface area contributed by atoms with Gasteiger partial charge in [-0.15, -0.1) is 0 Å². The molecule has 17 heavy (non-hydrogen) atoms. The Bertz CT molecular complexity index is 466. The molecule has 2 aliphatic rings. The van der Waals surface area contributed by atoms with Crippen molar-refractivity contribution in [1.29, 1.82) is 0 Å². The molecule has 1 aliphatic heterocycles. The second-order valence-corrected chi connectivity index (χ2v) is 4.92. The van der Waals surface area contributed by atoms with Crippen LogP contribution in [0.4, 0.5) is 0 Å². The molecule has 3 rings (SSSR count). The number of amides is 1. The summed E-state index contributed by atoms with van der Waals surface area (Å²) in [5, 5.41) is 0. The predicted molar refractivity (Wildman–Crippen MR) is 67.6 cm³/mol. The first kappa shape index (κ1) is 10.6. The number of fused-ring (bicyclic) bond motifs is 2. The number of benzene rings is 1. The number of nitrogens with zero attached hydrogens (tertiary/aromatic N) is 1. The molecule has 88 valence electrons. The molecule has 0 aromatic heterocycles. The molecule has 0 radical (unpaired) electrons. The van der Waals surface area contributed by atoms with Crippen molar-refractivity contribution in [1.82, 2.24) is 4.90 Å². The fourth-order valence-electron chi connectivity index (χ4n) is 3.25. The van der Waals surface area contributed by atoms with Crippen molar-refractivity contribution in [2.45, 2.75) is 31.2 Å². The van der Waals surface area contributed by atoms with Gasteiger partial charge in [-0.1, -0.05) is 36.4 Å². The van der Waals surface area contributed by atoms with Gasteiger partial charge in [-0.05, 0) is 36.8 Å². The predicted octanol–water partition coefficient (Wildman–Crippen LogP) is 2.64. The number of hydrogen-bond donors (Lipinski definition) is 0. The minimum Gasteiger partial charge on any atom is -0.332 e. The zero-order valence-corrected chi connectivity index (χ0v) is 9.93. The van der Waals surface area contributed by atoms with E-state index in [1.807, 2.05) is 4.90 Å². The van der Waals surface area contributed by atoms with Gasteiger partial charge in [0.05, 0.1) is 5.54 Å². The van der Waals surface area contributed by atoms with E-state index in [9.17, 15) is 4.79 Å². The molecule has 1 heterocycles. The highest BCUT2D eigenvalue weighted by Gasteiger charge is 2.40. The third kappa shape index (κ3) is 1.51. The van der Waals surface area contributed by atoms with Gasteiger partial charge < -0.3 is 4.90 Å². The van der Waals surface area contributed by atoms with Gasteiger partial charge in [0.2, 0.25) is 6.41 Å². The Morgan fingerprint density at radius 3 is 3.06 bits per heavy atom. The molecule has 1 aromatic carbocycles. The van der Waals surface area contributed by atoms with Crippen molar-refractivity contribution in [2.75, 3.05) is 6.54 Å². The van der Waals surface area contributed by atoms with Crippen LogP contribution in [0.15, 0.2) is 36.4 Å². The van der Waals surface area contributed by atoms with Crippen molar-refractivity contribution in [3.63, 3.8) is 0 Å². The molecular weight excluding hydrogens is 210 g/mol. The van der Waals surface area contributed by atoms with E-state index < -0.39 is 0 Å². The van der Waals surface area contributed by atoms with Gasteiger partial charge in [0.1, 0.15) is 0 Å². The van der Waals surface area contributed by atoms with Crippen LogP contribution in [0.5, 0.6) is 0 Å². The summed E-state index contributed by atoms with van der Waals surface area (Å²) < 4.78 is 0. The maximum atomic E-state index is 11.3. The molecule has 1 amide bonds. The van der Waals surface area contributed by atoms with Crippen molar-refractivity contribution in [3.8, 4) is 0 Å². The first-order valence-electron chi connectivity index (χ1n) is 6.35. The van der Waals surface area contributed by atoms with E-state index in [4.69, 9.17) is 0 Å². The Labute approximate surface area is 102 Å². The summed E-state index contributed by atoms with van der Waals surface area (Å²) in [4.78, 5) is 13.3. The number of rotatable bonds is 1. The van der Waals surface area contributed by atoms with Crippen molar-refractivity contribution in [3.05, 3.63) is 47.5 Å². The van der Waals surface area contributed by atoms with Crippen LogP contribution in [-0.4, -0.2) is 17.9 Å². The highest BCUT2D eigenvalue weighted by molar-refractivity contribution is 5.55. The highest BCUT2D eigenvalue weighted by atomic mass is 16.1. The zero-order valence-electron chi connectivity index (χ0n) is 9.93. The lowest BCUT2D eigenvalue weighted by Crippen LogP contribution is -2.48. The topological polar surface area (TPSA) is 20.3 Å². The van der Waals surface area contributed by atoms with Gasteiger partial charge in [0, 0.05) is 6.54 Å². The first-order valence-corrected chi connectivity index (χ1v) is 6.35. The van der Waals surface area contributed by atoms with Crippen LogP contribution in [-0.2, 0) is 16.8 Å². The van der Waals surface area contributed by atoms with Gasteiger partial charge >= 0.3 is 0 Å². The smallest absolute Gasteiger partial charge is 0.210 e. The average molecular weight is 227 g/mol. The summed E-state index contributed by atoms with van der Waals surface area (Å²) >= 11 is 0. The molecule has 1 aliphatic carbocycles.